The van der Waals surface area contributed by atoms with Gasteiger partial charge in [-0.1, -0.05) is 48.0 Å². The molecule has 0 aliphatic carbocycles. The highest BCUT2D eigenvalue weighted by molar-refractivity contribution is 7.80. The topological polar surface area (TPSA) is 53.6 Å². The third-order valence-corrected chi connectivity index (χ3v) is 3.92. The van der Waals surface area contributed by atoms with Crippen LogP contribution >= 0.6 is 23.8 Å². The predicted molar refractivity (Wildman–Crippen MR) is 108 cm³/mol. The van der Waals surface area contributed by atoms with Crippen LogP contribution in [-0.4, -0.2) is 23.9 Å². The molecule has 0 fully saturated rings. The number of thiocarbonyl (C=S) groups is 1. The van der Waals surface area contributed by atoms with Crippen LogP contribution in [0.5, 0.6) is 0 Å². The molecule has 0 saturated heterocycles. The molecule has 0 bridgehead atoms. The highest BCUT2D eigenvalue weighted by Crippen LogP contribution is 2.31. The first kappa shape index (κ1) is 18.2. The highest BCUT2D eigenvalue weighted by atomic mass is 35.5. The Hall–Kier alpha value is -2.11. The van der Waals surface area contributed by atoms with Crippen molar-refractivity contribution >= 4 is 40.8 Å². The number of benzene rings is 1. The van der Waals surface area contributed by atoms with E-state index < -0.39 is 0 Å². The first-order valence-corrected chi connectivity index (χ1v) is 8.48. The molecule has 24 heavy (non-hydrogen) atoms. The van der Waals surface area contributed by atoms with Crippen LogP contribution in [0.2, 0.25) is 0 Å². The average Bonchev–Trinajstić information content (AvgIpc) is 2.90. The zero-order valence-electron chi connectivity index (χ0n) is 13.5. The minimum Gasteiger partial charge on any atom is -0.375 e. The lowest BCUT2D eigenvalue weighted by atomic mass is 10.1. The van der Waals surface area contributed by atoms with Crippen molar-refractivity contribution in [1.29, 1.82) is 0 Å². The molecule has 1 heterocycles. The smallest absolute Gasteiger partial charge is 0.184 e. The van der Waals surface area contributed by atoms with E-state index in [2.05, 4.69) is 33.6 Å². The van der Waals surface area contributed by atoms with Crippen molar-refractivity contribution in [2.24, 2.45) is 10.8 Å². The molecular formula is C18H21ClN4S. The fraction of sp³-hybridized carbons (Fsp3) is 0.222. The van der Waals surface area contributed by atoms with Gasteiger partial charge >= 0.3 is 0 Å². The van der Waals surface area contributed by atoms with Crippen molar-refractivity contribution in [1.82, 2.24) is 5.43 Å². The second-order valence-corrected chi connectivity index (χ2v) is 6.16. The molecule has 1 aliphatic rings. The molecule has 2 rings (SSSR count). The van der Waals surface area contributed by atoms with E-state index in [9.17, 15) is 0 Å². The molecule has 1 aliphatic heterocycles. The monoisotopic (exact) mass is 360 g/mol. The van der Waals surface area contributed by atoms with E-state index in [1.54, 1.807) is 0 Å². The molecule has 0 unspecified atom stereocenters. The molecule has 1 aromatic carbocycles. The van der Waals surface area contributed by atoms with Crippen molar-refractivity contribution in [3.05, 3.63) is 65.2 Å². The number of halogens is 1. The maximum Gasteiger partial charge on any atom is 0.184 e. The van der Waals surface area contributed by atoms with E-state index in [-0.39, 0.29) is 11.2 Å². The lowest BCUT2D eigenvalue weighted by molar-refractivity contribution is 0.807. The summed E-state index contributed by atoms with van der Waals surface area (Å²) in [6.45, 7) is 2.69. The van der Waals surface area contributed by atoms with Gasteiger partial charge in [-0.3, -0.25) is 5.43 Å². The van der Waals surface area contributed by atoms with Gasteiger partial charge in [-0.2, -0.15) is 5.10 Å². The molecule has 1 aromatic rings. The quantitative estimate of drug-likeness (QED) is 0.353. The van der Waals surface area contributed by atoms with Crippen LogP contribution in [0.3, 0.4) is 0 Å². The zero-order chi connectivity index (χ0) is 17.4. The van der Waals surface area contributed by atoms with Gasteiger partial charge in [0.25, 0.3) is 0 Å². The predicted octanol–water partition coefficient (Wildman–Crippen LogP) is 3.49. The van der Waals surface area contributed by atoms with Gasteiger partial charge in [-0.05, 0) is 49.3 Å². The zero-order valence-corrected chi connectivity index (χ0v) is 15.1. The maximum absolute atomic E-state index is 6.14. The Morgan fingerprint density at radius 1 is 1.50 bits per heavy atom. The van der Waals surface area contributed by atoms with Crippen molar-refractivity contribution in [3.8, 4) is 0 Å². The van der Waals surface area contributed by atoms with E-state index in [0.717, 1.165) is 13.0 Å². The van der Waals surface area contributed by atoms with Gasteiger partial charge in [0.1, 0.15) is 0 Å². The second kappa shape index (κ2) is 9.25. The molecule has 0 aromatic heterocycles. The molecule has 1 atom stereocenters. The number of nitrogens with zero attached hydrogens (tertiary/aromatic N) is 2. The summed E-state index contributed by atoms with van der Waals surface area (Å²) in [7, 11) is 0. The van der Waals surface area contributed by atoms with Gasteiger partial charge in [0, 0.05) is 23.5 Å². The molecular weight excluding hydrogens is 340 g/mol. The van der Waals surface area contributed by atoms with Gasteiger partial charge in [0.2, 0.25) is 0 Å². The SMILES string of the molecule is C\C=C/C=C(Cl)\C=C\CN1c2ccccc2C[C@H]1/C=N/NC(N)=S. The Balaban J connectivity index is 2.11. The van der Waals surface area contributed by atoms with E-state index in [1.807, 2.05) is 49.6 Å². The van der Waals surface area contributed by atoms with Crippen molar-refractivity contribution in [2.45, 2.75) is 19.4 Å². The summed E-state index contributed by atoms with van der Waals surface area (Å²) < 4.78 is 0. The summed E-state index contributed by atoms with van der Waals surface area (Å²) in [6, 6.07) is 8.50. The molecule has 0 spiro atoms. The van der Waals surface area contributed by atoms with E-state index in [4.69, 9.17) is 29.6 Å². The van der Waals surface area contributed by atoms with E-state index in [1.165, 1.54) is 11.3 Å². The lowest BCUT2D eigenvalue weighted by Crippen LogP contribution is -2.34. The fourth-order valence-corrected chi connectivity index (χ4v) is 2.77. The Bertz CT molecular complexity index is 694. The number of nitrogens with one attached hydrogen (secondary N) is 1. The number of hydrazone groups is 1. The Labute approximate surface area is 153 Å². The summed E-state index contributed by atoms with van der Waals surface area (Å²) in [5.74, 6) is 0. The lowest BCUT2D eigenvalue weighted by Gasteiger charge is -2.23. The summed E-state index contributed by atoms with van der Waals surface area (Å²) in [6.07, 6.45) is 12.4. The number of fused-ring (bicyclic) bond motifs is 1. The van der Waals surface area contributed by atoms with Gasteiger partial charge < -0.3 is 10.6 Å². The number of para-hydroxylation sites is 1. The molecule has 6 heteroatoms. The van der Waals surface area contributed by atoms with Crippen molar-refractivity contribution in [3.63, 3.8) is 0 Å². The number of nitrogens with two attached hydrogens (primary N) is 1. The van der Waals surface area contributed by atoms with Gasteiger partial charge in [0.05, 0.1) is 6.04 Å². The summed E-state index contributed by atoms with van der Waals surface area (Å²) in [5.41, 5.74) is 10.5. The normalized spacial score (nSPS) is 18.0. The number of allylic oxidation sites excluding steroid dienone is 5. The molecule has 126 valence electrons. The van der Waals surface area contributed by atoms with Crippen molar-refractivity contribution < 1.29 is 0 Å². The van der Waals surface area contributed by atoms with Crippen LogP contribution in [0.25, 0.3) is 0 Å². The number of hydrogen-bond acceptors (Lipinski definition) is 3. The maximum atomic E-state index is 6.14. The number of rotatable bonds is 6. The standard InChI is InChI=1S/C18H21ClN4S/c1-2-3-8-15(19)9-6-11-23-16(13-21-22-18(20)24)12-14-7-4-5-10-17(14)23/h2-10,13,16H,11-12H2,1H3,(H3,20,22,24)/b3-2-,9-6+,15-8+,21-13+/t16-/m0/s1. The number of hydrogen-bond donors (Lipinski definition) is 2. The summed E-state index contributed by atoms with van der Waals surface area (Å²) in [4.78, 5) is 2.27. The first-order valence-electron chi connectivity index (χ1n) is 7.70. The van der Waals surface area contributed by atoms with Crippen LogP contribution < -0.4 is 16.1 Å². The fourth-order valence-electron chi connectivity index (χ4n) is 2.55. The summed E-state index contributed by atoms with van der Waals surface area (Å²) >= 11 is 10.9. The molecule has 3 N–H and O–H groups in total. The molecule has 4 nitrogen and oxygen atoms in total. The molecule has 0 radical (unpaired) electrons. The van der Waals surface area contributed by atoms with Crippen LogP contribution in [-0.2, 0) is 6.42 Å². The van der Waals surface area contributed by atoms with Gasteiger partial charge in [0.15, 0.2) is 5.11 Å². The third-order valence-electron chi connectivity index (χ3n) is 3.58. The number of anilines is 1. The van der Waals surface area contributed by atoms with Crippen LogP contribution in [0.1, 0.15) is 12.5 Å². The van der Waals surface area contributed by atoms with E-state index in [0.29, 0.717) is 5.03 Å². The molecule has 0 amide bonds. The van der Waals surface area contributed by atoms with Gasteiger partial charge in [-0.25, -0.2) is 0 Å². The third kappa shape index (κ3) is 5.22. The Kier molecular flexibility index (Phi) is 7.03. The largest absolute Gasteiger partial charge is 0.375 e. The second-order valence-electron chi connectivity index (χ2n) is 5.29. The Morgan fingerprint density at radius 2 is 2.29 bits per heavy atom. The minimum absolute atomic E-state index is 0.146. The van der Waals surface area contributed by atoms with E-state index >= 15 is 0 Å². The summed E-state index contributed by atoms with van der Waals surface area (Å²) in [5, 5.41) is 4.97. The first-order chi connectivity index (χ1) is 11.6. The van der Waals surface area contributed by atoms with Crippen molar-refractivity contribution in [2.75, 3.05) is 11.4 Å². The van der Waals surface area contributed by atoms with Gasteiger partial charge in [-0.15, -0.1) is 0 Å². The van der Waals surface area contributed by atoms with Crippen LogP contribution in [0.15, 0.2) is 64.8 Å². The highest BCUT2D eigenvalue weighted by Gasteiger charge is 2.26. The van der Waals surface area contributed by atoms with Crippen LogP contribution in [0, 0.1) is 0 Å². The molecule has 0 saturated carbocycles. The average molecular weight is 361 g/mol. The van der Waals surface area contributed by atoms with Crippen LogP contribution in [0.4, 0.5) is 5.69 Å². The minimum atomic E-state index is 0.146. The Morgan fingerprint density at radius 3 is 3.04 bits per heavy atom.